The molecular formula is C11H9ClF3N3. The van der Waals surface area contributed by atoms with E-state index in [1.807, 2.05) is 6.07 Å². The second-order valence-electron chi connectivity index (χ2n) is 4.12. The summed E-state index contributed by atoms with van der Waals surface area (Å²) in [7, 11) is 0. The topological polar surface area (TPSA) is 39.9 Å². The van der Waals surface area contributed by atoms with Gasteiger partial charge >= 0.3 is 6.18 Å². The summed E-state index contributed by atoms with van der Waals surface area (Å²) in [5.74, 6) is -1.02. The summed E-state index contributed by atoms with van der Waals surface area (Å²) in [6, 6.07) is 4.73. The van der Waals surface area contributed by atoms with Gasteiger partial charge in [0.05, 0.1) is 17.6 Å². The van der Waals surface area contributed by atoms with Gasteiger partial charge in [0.1, 0.15) is 11.0 Å². The zero-order valence-electron chi connectivity index (χ0n) is 9.21. The van der Waals surface area contributed by atoms with Crippen LogP contribution in [-0.2, 0) is 0 Å². The molecule has 0 aliphatic carbocycles. The third kappa shape index (κ3) is 2.67. The first kappa shape index (κ1) is 13.0. The average molecular weight is 276 g/mol. The molecule has 0 amide bonds. The number of hydrogen-bond donors (Lipinski definition) is 0. The van der Waals surface area contributed by atoms with Gasteiger partial charge in [-0.3, -0.25) is 0 Å². The molecule has 1 saturated heterocycles. The number of halogens is 4. The molecule has 2 heterocycles. The van der Waals surface area contributed by atoms with Gasteiger partial charge in [0.2, 0.25) is 0 Å². The van der Waals surface area contributed by atoms with Crippen LogP contribution in [0, 0.1) is 17.2 Å². The minimum atomic E-state index is -4.19. The maximum absolute atomic E-state index is 12.5. The summed E-state index contributed by atoms with van der Waals surface area (Å²) in [5.41, 5.74) is 0.292. The number of nitrogens with zero attached hydrogens (tertiary/aromatic N) is 3. The van der Waals surface area contributed by atoms with Crippen LogP contribution in [-0.4, -0.2) is 24.2 Å². The molecular weight excluding hydrogens is 267 g/mol. The van der Waals surface area contributed by atoms with Gasteiger partial charge in [-0.25, -0.2) is 4.98 Å². The van der Waals surface area contributed by atoms with Crippen molar-refractivity contribution >= 4 is 17.4 Å². The van der Waals surface area contributed by atoms with Crippen LogP contribution in [0.15, 0.2) is 12.1 Å². The summed E-state index contributed by atoms with van der Waals surface area (Å²) in [4.78, 5) is 5.46. The third-order valence-corrected chi connectivity index (χ3v) is 3.08. The normalized spacial score (nSPS) is 19.9. The van der Waals surface area contributed by atoms with E-state index in [1.165, 1.54) is 17.0 Å². The van der Waals surface area contributed by atoms with Crippen molar-refractivity contribution in [2.75, 3.05) is 18.0 Å². The van der Waals surface area contributed by atoms with Gasteiger partial charge in [-0.05, 0) is 18.6 Å². The van der Waals surface area contributed by atoms with E-state index >= 15 is 0 Å². The second-order valence-corrected chi connectivity index (χ2v) is 4.51. The molecule has 18 heavy (non-hydrogen) atoms. The Hall–Kier alpha value is -1.48. The van der Waals surface area contributed by atoms with Crippen molar-refractivity contribution in [1.82, 2.24) is 4.98 Å². The Morgan fingerprint density at radius 2 is 2.17 bits per heavy atom. The molecule has 1 unspecified atom stereocenters. The number of pyridine rings is 1. The molecule has 0 N–H and O–H groups in total. The molecule has 7 heteroatoms. The lowest BCUT2D eigenvalue weighted by atomic mass is 10.1. The van der Waals surface area contributed by atoms with Crippen molar-refractivity contribution in [3.8, 4) is 6.07 Å². The van der Waals surface area contributed by atoms with Gasteiger partial charge in [0.15, 0.2) is 0 Å². The van der Waals surface area contributed by atoms with Gasteiger partial charge in [-0.15, -0.1) is 0 Å². The highest BCUT2D eigenvalue weighted by atomic mass is 35.5. The molecule has 96 valence electrons. The highest BCUT2D eigenvalue weighted by molar-refractivity contribution is 6.29. The molecule has 0 spiro atoms. The zero-order valence-corrected chi connectivity index (χ0v) is 9.96. The minimum absolute atomic E-state index is 0.0413. The number of anilines is 1. The molecule has 0 saturated carbocycles. The zero-order chi connectivity index (χ0) is 13.3. The van der Waals surface area contributed by atoms with Crippen molar-refractivity contribution in [1.29, 1.82) is 5.26 Å². The first-order valence-electron chi connectivity index (χ1n) is 5.29. The first-order valence-corrected chi connectivity index (χ1v) is 5.67. The molecule has 1 aliphatic heterocycles. The Kier molecular flexibility index (Phi) is 3.35. The van der Waals surface area contributed by atoms with Gasteiger partial charge in [0.25, 0.3) is 0 Å². The monoisotopic (exact) mass is 275 g/mol. The minimum Gasteiger partial charge on any atom is -0.356 e. The molecule has 1 aromatic rings. The van der Waals surface area contributed by atoms with E-state index in [2.05, 4.69) is 4.98 Å². The number of rotatable bonds is 1. The molecule has 1 fully saturated rings. The van der Waals surface area contributed by atoms with Crippen molar-refractivity contribution in [3.05, 3.63) is 22.8 Å². The largest absolute Gasteiger partial charge is 0.393 e. The molecule has 0 bridgehead atoms. The van der Waals surface area contributed by atoms with Crippen molar-refractivity contribution in [3.63, 3.8) is 0 Å². The number of nitriles is 1. The summed E-state index contributed by atoms with van der Waals surface area (Å²) in [5, 5.41) is 8.89. The van der Waals surface area contributed by atoms with E-state index in [4.69, 9.17) is 16.9 Å². The van der Waals surface area contributed by atoms with E-state index in [-0.39, 0.29) is 24.7 Å². The van der Waals surface area contributed by atoms with Crippen LogP contribution >= 0.6 is 11.6 Å². The highest BCUT2D eigenvalue weighted by Gasteiger charge is 2.43. The Morgan fingerprint density at radius 1 is 1.44 bits per heavy atom. The standard InChI is InChI=1S/C11H9ClF3N3/c12-9-3-7(5-16)4-10(17-9)18-2-1-8(6-18)11(13,14)15/h3-4,8H,1-2,6H2. The van der Waals surface area contributed by atoms with Crippen molar-refractivity contribution in [2.45, 2.75) is 12.6 Å². The predicted molar refractivity (Wildman–Crippen MR) is 60.3 cm³/mol. The quantitative estimate of drug-likeness (QED) is 0.740. The van der Waals surface area contributed by atoms with Crippen LogP contribution in [0.4, 0.5) is 19.0 Å². The van der Waals surface area contributed by atoms with Crippen LogP contribution in [0.5, 0.6) is 0 Å². The van der Waals surface area contributed by atoms with Crippen LogP contribution in [0.25, 0.3) is 0 Å². The van der Waals surface area contributed by atoms with Gasteiger partial charge in [-0.2, -0.15) is 18.4 Å². The molecule has 1 aliphatic rings. The molecule has 1 atom stereocenters. The smallest absolute Gasteiger partial charge is 0.356 e. The Morgan fingerprint density at radius 3 is 2.72 bits per heavy atom. The van der Waals surface area contributed by atoms with Gasteiger partial charge in [-0.1, -0.05) is 11.6 Å². The van der Waals surface area contributed by atoms with Crippen LogP contribution in [0.2, 0.25) is 5.15 Å². The highest BCUT2D eigenvalue weighted by Crippen LogP contribution is 2.35. The molecule has 1 aromatic heterocycles. The van der Waals surface area contributed by atoms with E-state index in [0.29, 0.717) is 11.4 Å². The van der Waals surface area contributed by atoms with Crippen LogP contribution in [0.1, 0.15) is 12.0 Å². The molecule has 2 rings (SSSR count). The van der Waals surface area contributed by atoms with Crippen LogP contribution < -0.4 is 4.90 Å². The van der Waals surface area contributed by atoms with Gasteiger partial charge < -0.3 is 4.90 Å². The van der Waals surface area contributed by atoms with Crippen LogP contribution in [0.3, 0.4) is 0 Å². The lowest BCUT2D eigenvalue weighted by Gasteiger charge is -2.19. The van der Waals surface area contributed by atoms with Gasteiger partial charge in [0, 0.05) is 13.1 Å². The molecule has 3 nitrogen and oxygen atoms in total. The summed E-state index contributed by atoms with van der Waals surface area (Å²) in [6.07, 6.45) is -4.15. The lowest BCUT2D eigenvalue weighted by molar-refractivity contribution is -0.168. The predicted octanol–water partition coefficient (Wildman–Crippen LogP) is 3.00. The number of alkyl halides is 3. The maximum Gasteiger partial charge on any atom is 0.393 e. The van der Waals surface area contributed by atoms with E-state index in [9.17, 15) is 13.2 Å². The summed E-state index contributed by atoms with van der Waals surface area (Å²) < 4.78 is 37.6. The lowest BCUT2D eigenvalue weighted by Crippen LogP contribution is -2.27. The first-order chi connectivity index (χ1) is 8.40. The third-order valence-electron chi connectivity index (χ3n) is 2.88. The number of hydrogen-bond acceptors (Lipinski definition) is 3. The SMILES string of the molecule is N#Cc1cc(Cl)nc(N2CCC(C(F)(F)F)C2)c1. The average Bonchev–Trinajstić information content (AvgIpc) is 2.77. The van der Waals surface area contributed by atoms with E-state index < -0.39 is 12.1 Å². The fraction of sp³-hybridized carbons (Fsp3) is 0.455. The molecule has 0 radical (unpaired) electrons. The number of aromatic nitrogens is 1. The van der Waals surface area contributed by atoms with Crippen molar-refractivity contribution in [2.24, 2.45) is 5.92 Å². The maximum atomic E-state index is 12.5. The Bertz CT molecular complexity index is 495. The summed E-state index contributed by atoms with van der Waals surface area (Å²) >= 11 is 5.72. The fourth-order valence-electron chi connectivity index (χ4n) is 1.95. The second kappa shape index (κ2) is 4.65. The molecule has 0 aromatic carbocycles. The summed E-state index contributed by atoms with van der Waals surface area (Å²) in [6.45, 7) is 0.129. The fourth-order valence-corrected chi connectivity index (χ4v) is 2.15. The Labute approximate surface area is 107 Å². The van der Waals surface area contributed by atoms with E-state index in [1.54, 1.807) is 0 Å². The Balaban J connectivity index is 2.20. The van der Waals surface area contributed by atoms with E-state index in [0.717, 1.165) is 0 Å². The van der Waals surface area contributed by atoms with Crippen molar-refractivity contribution < 1.29 is 13.2 Å².